The predicted molar refractivity (Wildman–Crippen MR) is 118 cm³/mol. The van der Waals surface area contributed by atoms with Crippen molar-refractivity contribution in [1.82, 2.24) is 0 Å². The molecule has 0 spiro atoms. The summed E-state index contributed by atoms with van der Waals surface area (Å²) >= 11 is 0. The highest BCUT2D eigenvalue weighted by atomic mass is 16.6. The molecule has 0 atom stereocenters. The van der Waals surface area contributed by atoms with E-state index >= 15 is 0 Å². The zero-order valence-corrected chi connectivity index (χ0v) is 17.1. The number of aryl methyl sites for hydroxylation is 1. The Morgan fingerprint density at radius 2 is 1.58 bits per heavy atom. The Kier molecular flexibility index (Phi) is 6.61. The molecule has 0 fully saturated rings. The van der Waals surface area contributed by atoms with Crippen molar-refractivity contribution in [1.29, 1.82) is 0 Å². The third kappa shape index (κ3) is 5.66. The Morgan fingerprint density at radius 3 is 2.16 bits per heavy atom. The second kappa shape index (κ2) is 9.53. The molecule has 0 saturated heterocycles. The lowest BCUT2D eigenvalue weighted by Gasteiger charge is -2.18. The molecule has 0 heterocycles. The maximum atomic E-state index is 12.6. The summed E-state index contributed by atoms with van der Waals surface area (Å²) < 4.78 is 5.47. The summed E-state index contributed by atoms with van der Waals surface area (Å²) in [5.74, 6) is -0.0560. The molecule has 3 rings (SSSR count). The molecule has 3 aromatic rings. The molecule has 0 aliphatic rings. The fourth-order valence-electron chi connectivity index (χ4n) is 2.79. The van der Waals surface area contributed by atoms with Gasteiger partial charge in [-0.3, -0.25) is 19.7 Å². The Balaban J connectivity index is 1.53. The van der Waals surface area contributed by atoms with Gasteiger partial charge in [0, 0.05) is 36.1 Å². The van der Waals surface area contributed by atoms with Crippen LogP contribution >= 0.6 is 0 Å². The molecule has 8 heteroatoms. The molecule has 8 nitrogen and oxygen atoms in total. The standard InChI is InChI=1S/C23H21N3O5/c1-16-3-5-17(6-4-16)23(28)25(2)19-11-13-21(14-12-19)31-15-22(27)24-18-7-9-20(10-8-18)26(29)30/h3-14H,15H2,1-2H3,(H,24,27). The Hall–Kier alpha value is -4.20. The van der Waals surface area contributed by atoms with Crippen LogP contribution in [-0.4, -0.2) is 30.4 Å². The molecule has 0 aliphatic carbocycles. The van der Waals surface area contributed by atoms with Gasteiger partial charge in [-0.15, -0.1) is 0 Å². The third-order valence-corrected chi connectivity index (χ3v) is 4.56. The number of carbonyl (C=O) groups is 2. The van der Waals surface area contributed by atoms with E-state index in [-0.39, 0.29) is 18.2 Å². The van der Waals surface area contributed by atoms with Gasteiger partial charge in [0.15, 0.2) is 6.61 Å². The SMILES string of the molecule is Cc1ccc(C(=O)N(C)c2ccc(OCC(=O)Nc3ccc([N+](=O)[O-])cc3)cc2)cc1. The molecule has 3 aromatic carbocycles. The predicted octanol–water partition coefficient (Wildman–Crippen LogP) is 4.20. The molecule has 1 N–H and O–H groups in total. The van der Waals surface area contributed by atoms with Crippen LogP contribution in [0, 0.1) is 17.0 Å². The van der Waals surface area contributed by atoms with Gasteiger partial charge in [-0.1, -0.05) is 17.7 Å². The lowest BCUT2D eigenvalue weighted by Crippen LogP contribution is -2.26. The topological polar surface area (TPSA) is 102 Å². The van der Waals surface area contributed by atoms with Gasteiger partial charge in [0.1, 0.15) is 5.75 Å². The highest BCUT2D eigenvalue weighted by Crippen LogP contribution is 2.21. The maximum Gasteiger partial charge on any atom is 0.269 e. The smallest absolute Gasteiger partial charge is 0.269 e. The van der Waals surface area contributed by atoms with Crippen molar-refractivity contribution < 1.29 is 19.2 Å². The summed E-state index contributed by atoms with van der Waals surface area (Å²) in [4.78, 5) is 36.3. The zero-order valence-electron chi connectivity index (χ0n) is 17.1. The summed E-state index contributed by atoms with van der Waals surface area (Å²) in [7, 11) is 1.69. The molecular weight excluding hydrogens is 398 g/mol. The van der Waals surface area contributed by atoms with Gasteiger partial charge < -0.3 is 15.0 Å². The van der Waals surface area contributed by atoms with E-state index in [2.05, 4.69) is 5.32 Å². The maximum absolute atomic E-state index is 12.6. The summed E-state index contributed by atoms with van der Waals surface area (Å²) in [5.41, 5.74) is 2.74. The number of anilines is 2. The van der Waals surface area contributed by atoms with Crippen LogP contribution in [0.1, 0.15) is 15.9 Å². The van der Waals surface area contributed by atoms with Gasteiger partial charge in [-0.2, -0.15) is 0 Å². The quantitative estimate of drug-likeness (QED) is 0.457. The van der Waals surface area contributed by atoms with Crippen molar-refractivity contribution in [3.05, 3.63) is 94.0 Å². The van der Waals surface area contributed by atoms with Crippen LogP contribution < -0.4 is 15.0 Å². The van der Waals surface area contributed by atoms with Crippen LogP contribution in [0.15, 0.2) is 72.8 Å². The number of amides is 2. The molecule has 0 unspecified atom stereocenters. The number of benzene rings is 3. The van der Waals surface area contributed by atoms with Crippen LogP contribution in [0.2, 0.25) is 0 Å². The van der Waals surface area contributed by atoms with Gasteiger partial charge in [0.2, 0.25) is 0 Å². The lowest BCUT2D eigenvalue weighted by molar-refractivity contribution is -0.384. The van der Waals surface area contributed by atoms with Crippen molar-refractivity contribution in [3.8, 4) is 5.75 Å². The van der Waals surface area contributed by atoms with Gasteiger partial charge in [-0.25, -0.2) is 0 Å². The van der Waals surface area contributed by atoms with Gasteiger partial charge in [-0.05, 0) is 55.5 Å². The first-order valence-electron chi connectivity index (χ1n) is 9.45. The molecule has 31 heavy (non-hydrogen) atoms. The average molecular weight is 419 g/mol. The zero-order chi connectivity index (χ0) is 22.4. The Bertz CT molecular complexity index is 1080. The second-order valence-electron chi connectivity index (χ2n) is 6.86. The Labute approximate surface area is 179 Å². The van der Waals surface area contributed by atoms with Crippen LogP contribution in [0.4, 0.5) is 17.1 Å². The van der Waals surface area contributed by atoms with Gasteiger partial charge >= 0.3 is 0 Å². The monoisotopic (exact) mass is 419 g/mol. The van der Waals surface area contributed by atoms with Crippen LogP contribution in [-0.2, 0) is 4.79 Å². The van der Waals surface area contributed by atoms with E-state index in [1.165, 1.54) is 29.2 Å². The molecule has 0 saturated carbocycles. The summed E-state index contributed by atoms with van der Waals surface area (Å²) in [6.45, 7) is 1.73. The number of hydrogen-bond donors (Lipinski definition) is 1. The molecule has 2 amide bonds. The summed E-state index contributed by atoms with van der Waals surface area (Å²) in [6, 6.07) is 19.7. The molecular formula is C23H21N3O5. The molecule has 158 valence electrons. The van der Waals surface area contributed by atoms with E-state index in [1.54, 1.807) is 43.4 Å². The van der Waals surface area contributed by atoms with Crippen LogP contribution in [0.25, 0.3) is 0 Å². The number of nitrogens with zero attached hydrogens (tertiary/aromatic N) is 2. The van der Waals surface area contributed by atoms with Crippen molar-refractivity contribution in [2.45, 2.75) is 6.92 Å². The molecule has 0 aliphatic heterocycles. The van der Waals surface area contributed by atoms with Crippen molar-refractivity contribution in [3.63, 3.8) is 0 Å². The van der Waals surface area contributed by atoms with Crippen molar-refractivity contribution in [2.75, 3.05) is 23.9 Å². The number of nitro benzene ring substituents is 1. The molecule has 0 aromatic heterocycles. The number of rotatable bonds is 7. The fourth-order valence-corrected chi connectivity index (χ4v) is 2.79. The minimum Gasteiger partial charge on any atom is -0.484 e. The fraction of sp³-hybridized carbons (Fsp3) is 0.130. The van der Waals surface area contributed by atoms with E-state index in [4.69, 9.17) is 4.74 Å². The summed E-state index contributed by atoms with van der Waals surface area (Å²) in [6.07, 6.45) is 0. The largest absolute Gasteiger partial charge is 0.484 e. The van der Waals surface area contributed by atoms with E-state index in [0.29, 0.717) is 22.7 Å². The minimum absolute atomic E-state index is 0.0554. The van der Waals surface area contributed by atoms with E-state index < -0.39 is 10.8 Å². The first-order chi connectivity index (χ1) is 14.8. The van der Waals surface area contributed by atoms with Gasteiger partial charge in [0.05, 0.1) is 4.92 Å². The first kappa shape index (κ1) is 21.5. The number of nitrogens with one attached hydrogen (secondary N) is 1. The number of ether oxygens (including phenoxy) is 1. The average Bonchev–Trinajstić information content (AvgIpc) is 2.78. The third-order valence-electron chi connectivity index (χ3n) is 4.56. The number of nitro groups is 1. The number of hydrogen-bond acceptors (Lipinski definition) is 5. The lowest BCUT2D eigenvalue weighted by atomic mass is 10.1. The molecule has 0 bridgehead atoms. The first-order valence-corrected chi connectivity index (χ1v) is 9.45. The number of non-ortho nitro benzene ring substituents is 1. The normalized spacial score (nSPS) is 10.3. The van der Waals surface area contributed by atoms with E-state index in [9.17, 15) is 19.7 Å². The summed E-state index contributed by atoms with van der Waals surface area (Å²) in [5, 5.41) is 13.3. The Morgan fingerprint density at radius 1 is 0.968 bits per heavy atom. The van der Waals surface area contributed by atoms with Crippen LogP contribution in [0.3, 0.4) is 0 Å². The minimum atomic E-state index is -0.510. The highest BCUT2D eigenvalue weighted by Gasteiger charge is 2.13. The van der Waals surface area contributed by atoms with Gasteiger partial charge in [0.25, 0.3) is 17.5 Å². The van der Waals surface area contributed by atoms with Crippen LogP contribution in [0.5, 0.6) is 5.75 Å². The van der Waals surface area contributed by atoms with Crippen molar-refractivity contribution in [2.24, 2.45) is 0 Å². The number of carbonyl (C=O) groups excluding carboxylic acids is 2. The van der Waals surface area contributed by atoms with Crippen molar-refractivity contribution >= 4 is 28.9 Å². The molecule has 0 radical (unpaired) electrons. The van der Waals surface area contributed by atoms with E-state index in [0.717, 1.165) is 5.56 Å². The second-order valence-corrected chi connectivity index (χ2v) is 6.86. The van der Waals surface area contributed by atoms with E-state index in [1.807, 2.05) is 19.1 Å². The highest BCUT2D eigenvalue weighted by molar-refractivity contribution is 6.05.